The molecule has 1 saturated heterocycles. The highest BCUT2D eigenvalue weighted by Crippen LogP contribution is 2.36. The van der Waals surface area contributed by atoms with Crippen molar-refractivity contribution in [3.8, 4) is 11.5 Å². The first-order valence-electron chi connectivity index (χ1n) is 10.1. The molecule has 32 heavy (non-hydrogen) atoms. The summed E-state index contributed by atoms with van der Waals surface area (Å²) in [6, 6.07) is 12.3. The molecule has 1 N–H and O–H groups in total. The van der Waals surface area contributed by atoms with E-state index in [0.29, 0.717) is 32.9 Å². The van der Waals surface area contributed by atoms with Crippen LogP contribution in [0, 0.1) is 3.57 Å². The zero-order chi connectivity index (χ0) is 23.3. The number of rotatable bonds is 8. The first-order valence-corrected chi connectivity index (χ1v) is 11.1. The normalized spacial score (nSPS) is 15.5. The van der Waals surface area contributed by atoms with Gasteiger partial charge in [0.25, 0.3) is 11.8 Å². The van der Waals surface area contributed by atoms with Gasteiger partial charge in [-0.25, -0.2) is 9.80 Å². The molecule has 2 aromatic carbocycles. The summed E-state index contributed by atoms with van der Waals surface area (Å²) in [7, 11) is 0. The fourth-order valence-corrected chi connectivity index (χ4v) is 3.77. The minimum Gasteiger partial charge on any atom is -0.490 e. The number of nitrogens with one attached hydrogen (secondary N) is 1. The van der Waals surface area contributed by atoms with Crippen LogP contribution in [0.15, 0.2) is 48.0 Å². The fraction of sp³-hybridized carbons (Fsp3) is 0.261. The van der Waals surface area contributed by atoms with Gasteiger partial charge in [0.2, 0.25) is 0 Å². The monoisotopic (exact) mass is 550 g/mol. The standard InChI is InChI=1S/C23H23IN2O6/c1-4-30-19-13-15(12-18(24)20(19)32-14(3)23(29)31-5-2)11-17-21(27)25-26(22(17)28)16-9-7-6-8-10-16/h6-14H,4-5H2,1-3H3,(H,25,27)/b17-11-/t14-/m1/s1. The van der Waals surface area contributed by atoms with Crippen LogP contribution in [0.5, 0.6) is 11.5 Å². The Hall–Kier alpha value is -3.08. The van der Waals surface area contributed by atoms with E-state index >= 15 is 0 Å². The Balaban J connectivity index is 1.91. The van der Waals surface area contributed by atoms with Crippen molar-refractivity contribution < 1.29 is 28.6 Å². The number of ether oxygens (including phenoxy) is 3. The molecule has 2 aromatic rings. The van der Waals surface area contributed by atoms with Gasteiger partial charge < -0.3 is 14.2 Å². The van der Waals surface area contributed by atoms with Crippen LogP contribution in [-0.2, 0) is 19.1 Å². The lowest BCUT2D eigenvalue weighted by atomic mass is 10.1. The highest BCUT2D eigenvalue weighted by atomic mass is 127. The molecule has 0 unspecified atom stereocenters. The van der Waals surface area contributed by atoms with Crippen molar-refractivity contribution in [3.63, 3.8) is 0 Å². The van der Waals surface area contributed by atoms with Gasteiger partial charge in [-0.15, -0.1) is 0 Å². The molecule has 0 spiro atoms. The van der Waals surface area contributed by atoms with Gasteiger partial charge in [0, 0.05) is 0 Å². The molecule has 1 fully saturated rings. The molecule has 1 aliphatic rings. The summed E-state index contributed by atoms with van der Waals surface area (Å²) in [5.41, 5.74) is 3.73. The van der Waals surface area contributed by atoms with E-state index in [0.717, 1.165) is 0 Å². The second kappa shape index (κ2) is 10.5. The highest BCUT2D eigenvalue weighted by molar-refractivity contribution is 14.1. The van der Waals surface area contributed by atoms with Crippen molar-refractivity contribution in [3.05, 3.63) is 57.2 Å². The number of hydrogen-bond acceptors (Lipinski definition) is 6. The van der Waals surface area contributed by atoms with E-state index in [1.807, 2.05) is 13.0 Å². The summed E-state index contributed by atoms with van der Waals surface area (Å²) in [6.07, 6.45) is 0.678. The van der Waals surface area contributed by atoms with Crippen LogP contribution in [0.25, 0.3) is 6.08 Å². The molecule has 168 valence electrons. The number of hydrazine groups is 1. The molecule has 1 aliphatic heterocycles. The van der Waals surface area contributed by atoms with Crippen LogP contribution < -0.4 is 19.9 Å². The first kappa shape index (κ1) is 23.6. The van der Waals surface area contributed by atoms with E-state index in [-0.39, 0.29) is 12.2 Å². The summed E-state index contributed by atoms with van der Waals surface area (Å²) in [5.74, 6) is -0.642. The maximum atomic E-state index is 12.8. The first-order chi connectivity index (χ1) is 15.3. The van der Waals surface area contributed by atoms with Crippen LogP contribution in [0.1, 0.15) is 26.3 Å². The minimum absolute atomic E-state index is 0.000613. The maximum Gasteiger partial charge on any atom is 0.347 e. The molecule has 0 saturated carbocycles. The SMILES string of the molecule is CCOC(=O)[C@@H](C)Oc1c(I)cc(/C=C2/C(=O)NN(c3ccccc3)C2=O)cc1OCC. The number of halogens is 1. The van der Waals surface area contributed by atoms with E-state index in [1.54, 1.807) is 50.2 Å². The Bertz CT molecular complexity index is 1050. The fourth-order valence-electron chi connectivity index (χ4n) is 3.02. The minimum atomic E-state index is -0.825. The van der Waals surface area contributed by atoms with Crippen LogP contribution >= 0.6 is 22.6 Å². The van der Waals surface area contributed by atoms with E-state index in [4.69, 9.17) is 14.2 Å². The van der Waals surface area contributed by atoms with Crippen LogP contribution in [0.2, 0.25) is 0 Å². The summed E-state index contributed by atoms with van der Waals surface area (Å²) in [5, 5.41) is 1.21. The van der Waals surface area contributed by atoms with Crippen molar-refractivity contribution in [1.29, 1.82) is 0 Å². The lowest BCUT2D eigenvalue weighted by Crippen LogP contribution is -2.35. The zero-order valence-corrected chi connectivity index (χ0v) is 20.0. The molecule has 0 bridgehead atoms. The van der Waals surface area contributed by atoms with Crippen molar-refractivity contribution in [2.75, 3.05) is 18.2 Å². The van der Waals surface area contributed by atoms with Crippen molar-refractivity contribution in [2.24, 2.45) is 0 Å². The van der Waals surface area contributed by atoms with Gasteiger partial charge in [-0.1, -0.05) is 18.2 Å². The summed E-state index contributed by atoms with van der Waals surface area (Å²) >= 11 is 2.06. The highest BCUT2D eigenvalue weighted by Gasteiger charge is 2.34. The number of nitrogens with zero attached hydrogens (tertiary/aromatic N) is 1. The third-order valence-corrected chi connectivity index (χ3v) is 5.26. The van der Waals surface area contributed by atoms with Crippen LogP contribution in [0.4, 0.5) is 5.69 Å². The lowest BCUT2D eigenvalue weighted by Gasteiger charge is -2.18. The molecule has 9 heteroatoms. The van der Waals surface area contributed by atoms with Gasteiger partial charge in [-0.2, -0.15) is 0 Å². The number of anilines is 1. The number of carbonyl (C=O) groups excluding carboxylic acids is 3. The Kier molecular flexibility index (Phi) is 7.73. The molecule has 3 rings (SSSR count). The molecule has 0 aromatic heterocycles. The third kappa shape index (κ3) is 5.21. The van der Waals surface area contributed by atoms with Crippen LogP contribution in [-0.4, -0.2) is 37.1 Å². The number of para-hydroxylation sites is 1. The Morgan fingerprint density at radius 1 is 1.16 bits per heavy atom. The molecule has 8 nitrogen and oxygen atoms in total. The van der Waals surface area contributed by atoms with E-state index in [9.17, 15) is 14.4 Å². The van der Waals surface area contributed by atoms with Crippen LogP contribution in [0.3, 0.4) is 0 Å². The average Bonchev–Trinajstić information content (AvgIpc) is 3.05. The van der Waals surface area contributed by atoms with Gasteiger partial charge in [-0.3, -0.25) is 15.0 Å². The predicted molar refractivity (Wildman–Crippen MR) is 127 cm³/mol. The number of esters is 1. The summed E-state index contributed by atoms with van der Waals surface area (Å²) < 4.78 is 17.2. The number of benzene rings is 2. The van der Waals surface area contributed by atoms with Gasteiger partial charge in [0.1, 0.15) is 5.57 Å². The zero-order valence-electron chi connectivity index (χ0n) is 17.9. The molecule has 0 aliphatic carbocycles. The van der Waals surface area contributed by atoms with Gasteiger partial charge in [-0.05, 0) is 79.3 Å². The summed E-state index contributed by atoms with van der Waals surface area (Å²) in [4.78, 5) is 37.3. The molecule has 2 amide bonds. The van der Waals surface area contributed by atoms with E-state index in [1.165, 1.54) is 11.1 Å². The van der Waals surface area contributed by atoms with Crippen molar-refractivity contribution in [2.45, 2.75) is 26.9 Å². The molecule has 0 radical (unpaired) electrons. The Morgan fingerprint density at radius 2 is 1.88 bits per heavy atom. The Morgan fingerprint density at radius 3 is 2.53 bits per heavy atom. The maximum absolute atomic E-state index is 12.8. The number of carbonyl (C=O) groups is 3. The quantitative estimate of drug-likeness (QED) is 0.234. The second-order valence-corrected chi connectivity index (χ2v) is 7.91. The second-order valence-electron chi connectivity index (χ2n) is 6.75. The smallest absolute Gasteiger partial charge is 0.347 e. The largest absolute Gasteiger partial charge is 0.490 e. The predicted octanol–water partition coefficient (Wildman–Crippen LogP) is 3.48. The molecular formula is C23H23IN2O6. The molecular weight excluding hydrogens is 527 g/mol. The van der Waals surface area contributed by atoms with E-state index in [2.05, 4.69) is 28.0 Å². The number of amides is 2. The van der Waals surface area contributed by atoms with Gasteiger partial charge >= 0.3 is 5.97 Å². The van der Waals surface area contributed by atoms with Crippen molar-refractivity contribution in [1.82, 2.24) is 5.43 Å². The van der Waals surface area contributed by atoms with E-state index < -0.39 is 23.9 Å². The van der Waals surface area contributed by atoms with Crippen molar-refractivity contribution >= 4 is 52.1 Å². The summed E-state index contributed by atoms with van der Waals surface area (Å²) in [6.45, 7) is 5.76. The third-order valence-electron chi connectivity index (χ3n) is 4.46. The lowest BCUT2D eigenvalue weighted by molar-refractivity contribution is -0.150. The average molecular weight is 550 g/mol. The molecule has 1 heterocycles. The number of hydrogen-bond donors (Lipinski definition) is 1. The topological polar surface area (TPSA) is 94.2 Å². The van der Waals surface area contributed by atoms with Gasteiger partial charge in [0.05, 0.1) is 22.5 Å². The van der Waals surface area contributed by atoms with Gasteiger partial charge in [0.15, 0.2) is 17.6 Å². The Labute approximate surface area is 199 Å². The molecule has 1 atom stereocenters.